The molecule has 0 spiro atoms. The summed E-state index contributed by atoms with van der Waals surface area (Å²) in [5.41, 5.74) is 0.684. The first-order valence-electron chi connectivity index (χ1n) is 7.67. The molecule has 128 valence electrons. The largest absolute Gasteiger partial charge is 0.466 e. The first-order chi connectivity index (χ1) is 10.7. The number of aliphatic hydroxyl groups excluding tert-OH is 1. The number of ether oxygens (including phenoxy) is 2. The van der Waals surface area contributed by atoms with Gasteiger partial charge in [0.25, 0.3) is 0 Å². The van der Waals surface area contributed by atoms with E-state index in [0.29, 0.717) is 18.4 Å². The van der Waals surface area contributed by atoms with E-state index in [2.05, 4.69) is 0 Å². The van der Waals surface area contributed by atoms with Crippen molar-refractivity contribution in [3.63, 3.8) is 0 Å². The van der Waals surface area contributed by atoms with Gasteiger partial charge in [-0.2, -0.15) is 0 Å². The maximum Gasteiger partial charge on any atom is 0.333 e. The molecular weight excluding hydrogens is 296 g/mol. The Hall–Kier alpha value is -1.88. The number of esters is 2. The molecule has 0 fully saturated rings. The third-order valence-corrected chi connectivity index (χ3v) is 3.88. The monoisotopic (exact) mass is 322 g/mol. The van der Waals surface area contributed by atoms with Crippen molar-refractivity contribution in [1.29, 1.82) is 0 Å². The predicted octanol–water partition coefficient (Wildman–Crippen LogP) is 2.70. The van der Waals surface area contributed by atoms with Gasteiger partial charge in [0.05, 0.1) is 13.2 Å². The molecule has 1 N–H and O–H groups in total. The van der Waals surface area contributed by atoms with Crippen LogP contribution in [0.25, 0.3) is 0 Å². The van der Waals surface area contributed by atoms with Crippen LogP contribution in [-0.4, -0.2) is 36.4 Å². The van der Waals surface area contributed by atoms with E-state index >= 15 is 0 Å². The molecule has 0 bridgehead atoms. The summed E-state index contributed by atoms with van der Waals surface area (Å²) in [6, 6.07) is 0. The van der Waals surface area contributed by atoms with E-state index in [1.807, 2.05) is 26.8 Å². The predicted molar refractivity (Wildman–Crippen MR) is 87.6 cm³/mol. The number of hydrogen-bond donors (Lipinski definition) is 1. The van der Waals surface area contributed by atoms with Crippen LogP contribution in [0.4, 0.5) is 0 Å². The zero-order valence-corrected chi connectivity index (χ0v) is 14.5. The van der Waals surface area contributed by atoms with Crippen LogP contribution in [0.1, 0.15) is 40.5 Å². The zero-order chi connectivity index (χ0) is 17.6. The standard InChI is InChI=1S/C18H26O5/c1-12-7-6-8-14(17(21)22-5)11-16(23-13(2)19)18(3,4)10-9-15(12)20/h7,9-11,15-16,20H,6,8H2,1-5H3/b10-9-,12-7+,14-11+/t15?,16-/m0/s1. The lowest BCUT2D eigenvalue weighted by Crippen LogP contribution is -2.31. The smallest absolute Gasteiger partial charge is 0.333 e. The van der Waals surface area contributed by atoms with E-state index in [4.69, 9.17) is 9.47 Å². The molecular formula is C18H26O5. The molecule has 0 heterocycles. The topological polar surface area (TPSA) is 72.8 Å². The van der Waals surface area contributed by atoms with E-state index < -0.39 is 29.6 Å². The molecule has 1 unspecified atom stereocenters. The van der Waals surface area contributed by atoms with Crippen LogP contribution in [-0.2, 0) is 19.1 Å². The van der Waals surface area contributed by atoms with Crippen LogP contribution in [0.15, 0.2) is 35.5 Å². The van der Waals surface area contributed by atoms with Crippen LogP contribution >= 0.6 is 0 Å². The number of rotatable bonds is 2. The lowest BCUT2D eigenvalue weighted by Gasteiger charge is -2.29. The maximum atomic E-state index is 12.0. The summed E-state index contributed by atoms with van der Waals surface area (Å²) >= 11 is 0. The fraction of sp³-hybridized carbons (Fsp3) is 0.556. The Balaban J connectivity index is 3.32. The summed E-state index contributed by atoms with van der Waals surface area (Å²) in [4.78, 5) is 23.4. The molecule has 0 aromatic rings. The van der Waals surface area contributed by atoms with Crippen molar-refractivity contribution in [2.45, 2.75) is 52.7 Å². The lowest BCUT2D eigenvalue weighted by atomic mass is 9.84. The van der Waals surface area contributed by atoms with Crippen molar-refractivity contribution >= 4 is 11.9 Å². The number of aliphatic hydroxyl groups is 1. The Kier molecular flexibility index (Phi) is 6.76. The molecule has 1 rings (SSSR count). The molecule has 5 heteroatoms. The minimum absolute atomic E-state index is 0.429. The van der Waals surface area contributed by atoms with Gasteiger partial charge in [-0.3, -0.25) is 4.79 Å². The Morgan fingerprint density at radius 3 is 2.57 bits per heavy atom. The second-order valence-corrected chi connectivity index (χ2v) is 6.33. The van der Waals surface area contributed by atoms with Crippen molar-refractivity contribution in [1.82, 2.24) is 0 Å². The number of carbonyl (C=O) groups excluding carboxylic acids is 2. The van der Waals surface area contributed by atoms with Gasteiger partial charge in [0.15, 0.2) is 0 Å². The highest BCUT2D eigenvalue weighted by Crippen LogP contribution is 2.29. The molecule has 0 aromatic heterocycles. The van der Waals surface area contributed by atoms with Crippen LogP contribution in [0.5, 0.6) is 0 Å². The number of allylic oxidation sites excluding steroid dienone is 1. The fourth-order valence-corrected chi connectivity index (χ4v) is 2.31. The van der Waals surface area contributed by atoms with Crippen molar-refractivity contribution in [3.05, 3.63) is 35.5 Å². The number of hydrogen-bond acceptors (Lipinski definition) is 5. The first-order valence-corrected chi connectivity index (χ1v) is 7.67. The van der Waals surface area contributed by atoms with Crippen LogP contribution < -0.4 is 0 Å². The Labute approximate surface area is 137 Å². The maximum absolute atomic E-state index is 12.0. The van der Waals surface area contributed by atoms with E-state index in [1.165, 1.54) is 14.0 Å². The van der Waals surface area contributed by atoms with Gasteiger partial charge in [-0.05, 0) is 31.4 Å². The molecule has 0 amide bonds. The quantitative estimate of drug-likeness (QED) is 0.625. The average Bonchev–Trinajstić information content (AvgIpc) is 2.49. The van der Waals surface area contributed by atoms with E-state index in [0.717, 1.165) is 5.57 Å². The lowest BCUT2D eigenvalue weighted by molar-refractivity contribution is -0.148. The third-order valence-electron chi connectivity index (χ3n) is 3.88. The Morgan fingerprint density at radius 1 is 1.35 bits per heavy atom. The second-order valence-electron chi connectivity index (χ2n) is 6.33. The van der Waals surface area contributed by atoms with Crippen molar-refractivity contribution < 1.29 is 24.2 Å². The van der Waals surface area contributed by atoms with Gasteiger partial charge in [0, 0.05) is 17.9 Å². The molecule has 0 saturated heterocycles. The molecule has 1 aliphatic rings. The molecule has 0 aliphatic heterocycles. The summed E-state index contributed by atoms with van der Waals surface area (Å²) in [6.07, 6.45) is 6.74. The molecule has 0 radical (unpaired) electrons. The summed E-state index contributed by atoms with van der Waals surface area (Å²) < 4.78 is 10.2. The van der Waals surface area contributed by atoms with Gasteiger partial charge in [-0.15, -0.1) is 0 Å². The highest BCUT2D eigenvalue weighted by Gasteiger charge is 2.30. The van der Waals surface area contributed by atoms with Gasteiger partial charge >= 0.3 is 11.9 Å². The average molecular weight is 322 g/mol. The van der Waals surface area contributed by atoms with Crippen LogP contribution in [0, 0.1) is 5.41 Å². The SMILES string of the molecule is COC(=O)/C1=C/[C@H](OC(C)=O)C(C)(C)/C=C\C(O)/C(C)=C/CC1. The normalized spacial score (nSPS) is 30.7. The van der Waals surface area contributed by atoms with Gasteiger partial charge in [0.1, 0.15) is 6.10 Å². The van der Waals surface area contributed by atoms with E-state index in [1.54, 1.807) is 18.2 Å². The second kappa shape index (κ2) is 8.11. The molecule has 5 nitrogen and oxygen atoms in total. The molecule has 23 heavy (non-hydrogen) atoms. The molecule has 0 aromatic carbocycles. The minimum Gasteiger partial charge on any atom is -0.466 e. The van der Waals surface area contributed by atoms with Gasteiger partial charge < -0.3 is 14.6 Å². The molecule has 0 saturated carbocycles. The minimum atomic E-state index is -0.702. The first kappa shape index (κ1) is 19.2. The van der Waals surface area contributed by atoms with Crippen molar-refractivity contribution in [3.8, 4) is 0 Å². The fourth-order valence-electron chi connectivity index (χ4n) is 2.31. The van der Waals surface area contributed by atoms with Crippen molar-refractivity contribution in [2.75, 3.05) is 7.11 Å². The van der Waals surface area contributed by atoms with Crippen LogP contribution in [0.2, 0.25) is 0 Å². The van der Waals surface area contributed by atoms with Gasteiger partial charge in [0.2, 0.25) is 0 Å². The third kappa shape index (κ3) is 5.67. The highest BCUT2D eigenvalue weighted by molar-refractivity contribution is 5.88. The highest BCUT2D eigenvalue weighted by atomic mass is 16.5. The van der Waals surface area contributed by atoms with E-state index in [-0.39, 0.29) is 0 Å². The summed E-state index contributed by atoms with van der Waals surface area (Å²) in [5.74, 6) is -0.866. The van der Waals surface area contributed by atoms with Gasteiger partial charge in [-0.25, -0.2) is 4.79 Å². The summed E-state index contributed by atoms with van der Waals surface area (Å²) in [5, 5.41) is 10.1. The molecule has 1 aliphatic carbocycles. The Morgan fingerprint density at radius 2 is 2.00 bits per heavy atom. The number of carbonyl (C=O) groups is 2. The van der Waals surface area contributed by atoms with Crippen molar-refractivity contribution in [2.24, 2.45) is 5.41 Å². The molecule has 2 atom stereocenters. The van der Waals surface area contributed by atoms with Crippen LogP contribution in [0.3, 0.4) is 0 Å². The van der Waals surface area contributed by atoms with E-state index in [9.17, 15) is 14.7 Å². The van der Waals surface area contributed by atoms with Gasteiger partial charge in [-0.1, -0.05) is 32.1 Å². The summed E-state index contributed by atoms with van der Waals surface area (Å²) in [7, 11) is 1.32. The zero-order valence-electron chi connectivity index (χ0n) is 14.5. The number of methoxy groups -OCH3 is 1. The summed E-state index contributed by atoms with van der Waals surface area (Å²) in [6.45, 7) is 6.93. The Bertz CT molecular complexity index is 540.